The van der Waals surface area contributed by atoms with Gasteiger partial charge >= 0.3 is 5.97 Å². The number of aromatic amines is 1. The number of carbonyl (C=O) groups excluding carboxylic acids is 2. The first-order chi connectivity index (χ1) is 10.6. The lowest BCUT2D eigenvalue weighted by molar-refractivity contribution is -0.142. The van der Waals surface area contributed by atoms with Crippen LogP contribution in [0.1, 0.15) is 23.8 Å². The van der Waals surface area contributed by atoms with Gasteiger partial charge in [0.25, 0.3) is 5.91 Å². The average Bonchev–Trinajstić information content (AvgIpc) is 3.03. The van der Waals surface area contributed by atoms with Gasteiger partial charge < -0.3 is 14.6 Å². The van der Waals surface area contributed by atoms with Gasteiger partial charge in [-0.05, 0) is 31.2 Å². The second-order valence-corrected chi connectivity index (χ2v) is 4.45. The van der Waals surface area contributed by atoms with Gasteiger partial charge in [-0.2, -0.15) is 0 Å². The Hall–Kier alpha value is -2.70. The lowest BCUT2D eigenvalue weighted by Crippen LogP contribution is -2.33. The van der Waals surface area contributed by atoms with E-state index in [4.69, 9.17) is 4.74 Å². The number of nitrogens with one attached hydrogen (secondary N) is 1. The second-order valence-electron chi connectivity index (χ2n) is 4.45. The number of imidazole rings is 1. The Bertz CT molecular complexity index is 626. The summed E-state index contributed by atoms with van der Waals surface area (Å²) in [5.74, 6) is -1.15. The number of amides is 1. The molecule has 1 N–H and O–H groups in total. The maximum atomic E-state index is 13.0. The van der Waals surface area contributed by atoms with Crippen molar-refractivity contribution in [1.82, 2.24) is 9.97 Å². The van der Waals surface area contributed by atoms with E-state index in [0.29, 0.717) is 5.69 Å². The van der Waals surface area contributed by atoms with Crippen LogP contribution >= 0.6 is 0 Å². The average molecular weight is 305 g/mol. The molecule has 0 aliphatic carbocycles. The summed E-state index contributed by atoms with van der Waals surface area (Å²) in [5.41, 5.74) is 0.776. The number of aromatic nitrogens is 2. The molecule has 0 saturated carbocycles. The molecule has 2 rings (SSSR count). The van der Waals surface area contributed by atoms with Crippen LogP contribution in [0.2, 0.25) is 0 Å². The Kier molecular flexibility index (Phi) is 5.24. The monoisotopic (exact) mass is 305 g/mol. The number of carbonyl (C=O) groups is 2. The highest BCUT2D eigenvalue weighted by atomic mass is 19.1. The van der Waals surface area contributed by atoms with Crippen LogP contribution in [-0.2, 0) is 9.53 Å². The van der Waals surface area contributed by atoms with Gasteiger partial charge in [-0.1, -0.05) is 0 Å². The summed E-state index contributed by atoms with van der Waals surface area (Å²) in [6.45, 7) is 2.12. The zero-order valence-corrected chi connectivity index (χ0v) is 12.1. The van der Waals surface area contributed by atoms with Crippen molar-refractivity contribution in [3.8, 4) is 0 Å². The highest BCUT2D eigenvalue weighted by Gasteiger charge is 2.20. The highest BCUT2D eigenvalue weighted by molar-refractivity contribution is 6.04. The van der Waals surface area contributed by atoms with Gasteiger partial charge in [0.05, 0.1) is 25.6 Å². The smallest absolute Gasteiger partial charge is 0.307 e. The van der Waals surface area contributed by atoms with E-state index < -0.39 is 11.8 Å². The third-order valence-corrected chi connectivity index (χ3v) is 2.96. The largest absolute Gasteiger partial charge is 0.466 e. The van der Waals surface area contributed by atoms with Gasteiger partial charge in [0.2, 0.25) is 0 Å². The van der Waals surface area contributed by atoms with Crippen LogP contribution in [0.3, 0.4) is 0 Å². The predicted octanol–water partition coefficient (Wildman–Crippen LogP) is 2.15. The molecule has 0 radical (unpaired) electrons. The fourth-order valence-corrected chi connectivity index (χ4v) is 1.92. The molecule has 22 heavy (non-hydrogen) atoms. The topological polar surface area (TPSA) is 75.3 Å². The number of ether oxygens (including phenoxy) is 1. The lowest BCUT2D eigenvalue weighted by Gasteiger charge is -2.21. The fraction of sp³-hybridized carbons (Fsp3) is 0.267. The molecule has 1 amide bonds. The third-order valence-electron chi connectivity index (χ3n) is 2.96. The molecular formula is C15H16FN3O3. The Labute approximate surface area is 126 Å². The Morgan fingerprint density at radius 1 is 1.32 bits per heavy atom. The zero-order chi connectivity index (χ0) is 15.9. The van der Waals surface area contributed by atoms with Gasteiger partial charge in [-0.25, -0.2) is 9.37 Å². The number of H-pyrrole nitrogens is 1. The van der Waals surface area contributed by atoms with Crippen molar-refractivity contribution in [2.24, 2.45) is 0 Å². The zero-order valence-electron chi connectivity index (χ0n) is 12.1. The maximum absolute atomic E-state index is 13.0. The van der Waals surface area contributed by atoms with Gasteiger partial charge in [0, 0.05) is 12.2 Å². The first kappa shape index (κ1) is 15.7. The molecule has 0 bridgehead atoms. The molecule has 0 fully saturated rings. The molecular weight excluding hydrogens is 289 g/mol. The van der Waals surface area contributed by atoms with Crippen molar-refractivity contribution in [3.63, 3.8) is 0 Å². The number of rotatable bonds is 6. The molecule has 0 saturated heterocycles. The van der Waals surface area contributed by atoms with Gasteiger partial charge in [-0.3, -0.25) is 9.59 Å². The number of hydrogen-bond donors (Lipinski definition) is 1. The van der Waals surface area contributed by atoms with Crippen LogP contribution < -0.4 is 4.90 Å². The Morgan fingerprint density at radius 3 is 2.64 bits per heavy atom. The molecule has 7 heteroatoms. The molecule has 1 aromatic carbocycles. The van der Waals surface area contributed by atoms with Gasteiger partial charge in [0.15, 0.2) is 0 Å². The van der Waals surface area contributed by atoms with Crippen LogP contribution in [0.5, 0.6) is 0 Å². The number of nitrogens with zero attached hydrogens (tertiary/aromatic N) is 2. The van der Waals surface area contributed by atoms with E-state index in [2.05, 4.69) is 9.97 Å². The fourth-order valence-electron chi connectivity index (χ4n) is 1.92. The van der Waals surface area contributed by atoms with Crippen LogP contribution in [0, 0.1) is 5.82 Å². The minimum absolute atomic E-state index is 0.0467. The number of benzene rings is 1. The standard InChI is InChI=1S/C15H16FN3O3/c1-2-22-14(20)7-8-19(12-5-3-11(16)4-6-12)15(21)13-9-17-10-18-13/h3-6,9-10H,2,7-8H2,1H3,(H,17,18). The number of esters is 1. The van der Waals surface area contributed by atoms with Crippen LogP contribution in [0.15, 0.2) is 36.8 Å². The first-order valence-electron chi connectivity index (χ1n) is 6.83. The molecule has 0 atom stereocenters. The molecule has 0 aliphatic rings. The van der Waals surface area contributed by atoms with E-state index in [0.717, 1.165) is 0 Å². The molecule has 0 aliphatic heterocycles. The van der Waals surface area contributed by atoms with Crippen LogP contribution in [0.4, 0.5) is 10.1 Å². The van der Waals surface area contributed by atoms with E-state index in [1.165, 1.54) is 41.7 Å². The summed E-state index contributed by atoms with van der Waals surface area (Å²) < 4.78 is 17.9. The van der Waals surface area contributed by atoms with E-state index in [1.807, 2.05) is 0 Å². The van der Waals surface area contributed by atoms with Crippen molar-refractivity contribution < 1.29 is 18.7 Å². The normalized spacial score (nSPS) is 10.3. The maximum Gasteiger partial charge on any atom is 0.307 e. The summed E-state index contributed by atoms with van der Waals surface area (Å²) in [5, 5.41) is 0. The molecule has 116 valence electrons. The number of hydrogen-bond acceptors (Lipinski definition) is 4. The Balaban J connectivity index is 2.18. The van der Waals surface area contributed by atoms with Crippen molar-refractivity contribution in [1.29, 1.82) is 0 Å². The van der Waals surface area contributed by atoms with Crippen molar-refractivity contribution in [2.45, 2.75) is 13.3 Å². The summed E-state index contributed by atoms with van der Waals surface area (Å²) in [7, 11) is 0. The minimum Gasteiger partial charge on any atom is -0.466 e. The van der Waals surface area contributed by atoms with Crippen LogP contribution in [-0.4, -0.2) is 35.0 Å². The van der Waals surface area contributed by atoms with Crippen molar-refractivity contribution in [3.05, 3.63) is 48.3 Å². The second kappa shape index (κ2) is 7.35. The third kappa shape index (κ3) is 3.91. The molecule has 0 unspecified atom stereocenters. The van der Waals surface area contributed by atoms with Crippen molar-refractivity contribution >= 4 is 17.6 Å². The van der Waals surface area contributed by atoms with E-state index in [9.17, 15) is 14.0 Å². The summed E-state index contributed by atoms with van der Waals surface area (Å²) in [4.78, 5) is 31.9. The molecule has 1 aromatic heterocycles. The molecule has 2 aromatic rings. The summed E-state index contributed by atoms with van der Waals surface area (Å²) in [6, 6.07) is 5.48. The highest BCUT2D eigenvalue weighted by Crippen LogP contribution is 2.17. The minimum atomic E-state index is -0.400. The van der Waals surface area contributed by atoms with Crippen LogP contribution in [0.25, 0.3) is 0 Å². The van der Waals surface area contributed by atoms with E-state index in [1.54, 1.807) is 6.92 Å². The molecule has 0 spiro atoms. The predicted molar refractivity (Wildman–Crippen MR) is 77.9 cm³/mol. The van der Waals surface area contributed by atoms with E-state index in [-0.39, 0.29) is 31.2 Å². The SMILES string of the molecule is CCOC(=O)CCN(C(=O)c1cnc[nH]1)c1ccc(F)cc1. The lowest BCUT2D eigenvalue weighted by atomic mass is 10.2. The molecule has 6 nitrogen and oxygen atoms in total. The number of anilines is 1. The Morgan fingerprint density at radius 2 is 2.05 bits per heavy atom. The molecule has 1 heterocycles. The summed E-state index contributed by atoms with van der Waals surface area (Å²) in [6.07, 6.45) is 2.83. The van der Waals surface area contributed by atoms with Gasteiger partial charge in [0.1, 0.15) is 11.5 Å². The van der Waals surface area contributed by atoms with Gasteiger partial charge in [-0.15, -0.1) is 0 Å². The first-order valence-corrected chi connectivity index (χ1v) is 6.83. The summed E-state index contributed by atoms with van der Waals surface area (Å²) >= 11 is 0. The quantitative estimate of drug-likeness (QED) is 0.830. The number of halogens is 1. The van der Waals surface area contributed by atoms with Crippen molar-refractivity contribution in [2.75, 3.05) is 18.1 Å². The van der Waals surface area contributed by atoms with E-state index >= 15 is 0 Å².